The molecule has 2 aromatic carbocycles. The van der Waals surface area contributed by atoms with Crippen molar-refractivity contribution < 1.29 is 17.9 Å². The first-order valence-electron chi connectivity index (χ1n) is 8.50. The maximum Gasteiger partial charge on any atom is 0.243 e. The van der Waals surface area contributed by atoms with E-state index in [-0.39, 0.29) is 10.8 Å². The number of amides is 1. The van der Waals surface area contributed by atoms with E-state index in [1.807, 2.05) is 24.3 Å². The van der Waals surface area contributed by atoms with Gasteiger partial charge in [-0.3, -0.25) is 4.79 Å². The Morgan fingerprint density at radius 2 is 1.96 bits per heavy atom. The molecule has 0 spiro atoms. The van der Waals surface area contributed by atoms with Gasteiger partial charge in [0.05, 0.1) is 12.0 Å². The highest BCUT2D eigenvalue weighted by molar-refractivity contribution is 7.89. The van der Waals surface area contributed by atoms with Gasteiger partial charge in [-0.05, 0) is 42.7 Å². The number of ether oxygens (including phenoxy) is 1. The number of sulfonamides is 1. The van der Waals surface area contributed by atoms with Crippen LogP contribution in [0.2, 0.25) is 0 Å². The van der Waals surface area contributed by atoms with Crippen LogP contribution in [0, 0.1) is 0 Å². The Labute approximate surface area is 153 Å². The predicted molar refractivity (Wildman–Crippen MR) is 98.2 cm³/mol. The van der Waals surface area contributed by atoms with Crippen LogP contribution in [0.1, 0.15) is 18.4 Å². The van der Waals surface area contributed by atoms with Crippen molar-refractivity contribution in [1.82, 2.24) is 9.62 Å². The Balaban J connectivity index is 1.70. The smallest absolute Gasteiger partial charge is 0.243 e. The Morgan fingerprint density at radius 3 is 2.69 bits per heavy atom. The fourth-order valence-corrected chi connectivity index (χ4v) is 4.78. The average Bonchev–Trinajstić information content (AvgIpc) is 3.18. The van der Waals surface area contributed by atoms with Gasteiger partial charge in [-0.1, -0.05) is 30.3 Å². The molecule has 1 aliphatic rings. The Kier molecular flexibility index (Phi) is 5.58. The van der Waals surface area contributed by atoms with Gasteiger partial charge in [-0.15, -0.1) is 0 Å². The number of benzene rings is 2. The molecule has 1 amide bonds. The third-order valence-corrected chi connectivity index (χ3v) is 6.38. The van der Waals surface area contributed by atoms with E-state index >= 15 is 0 Å². The molecule has 0 radical (unpaired) electrons. The van der Waals surface area contributed by atoms with Crippen molar-refractivity contribution in [1.29, 1.82) is 0 Å². The fraction of sp³-hybridized carbons (Fsp3) is 0.316. The molecule has 6 nitrogen and oxygen atoms in total. The number of nitrogens with one attached hydrogen (secondary N) is 1. The number of rotatable bonds is 6. The molecular weight excluding hydrogens is 352 g/mol. The summed E-state index contributed by atoms with van der Waals surface area (Å²) in [5.41, 5.74) is 0.896. The van der Waals surface area contributed by atoms with Gasteiger partial charge >= 0.3 is 0 Å². The third-order valence-electron chi connectivity index (χ3n) is 4.46. The summed E-state index contributed by atoms with van der Waals surface area (Å²) in [4.78, 5) is 12.8. The highest BCUT2D eigenvalue weighted by atomic mass is 32.2. The molecule has 1 unspecified atom stereocenters. The van der Waals surface area contributed by atoms with Gasteiger partial charge in [-0.2, -0.15) is 4.31 Å². The predicted octanol–water partition coefficient (Wildman–Crippen LogP) is 2.16. The van der Waals surface area contributed by atoms with Crippen molar-refractivity contribution in [3.8, 4) is 5.75 Å². The van der Waals surface area contributed by atoms with Crippen LogP contribution in [0.5, 0.6) is 5.75 Å². The van der Waals surface area contributed by atoms with Crippen LogP contribution in [0.15, 0.2) is 59.5 Å². The quantitative estimate of drug-likeness (QED) is 0.841. The van der Waals surface area contributed by atoms with E-state index in [9.17, 15) is 13.2 Å². The zero-order valence-corrected chi connectivity index (χ0v) is 15.4. The topological polar surface area (TPSA) is 75.7 Å². The monoisotopic (exact) mass is 374 g/mol. The summed E-state index contributed by atoms with van der Waals surface area (Å²) in [6, 6.07) is 15.0. The molecule has 0 aromatic heterocycles. The summed E-state index contributed by atoms with van der Waals surface area (Å²) in [7, 11) is -2.09. The lowest BCUT2D eigenvalue weighted by molar-refractivity contribution is -0.124. The number of carbonyl (C=O) groups excluding carboxylic acids is 1. The van der Waals surface area contributed by atoms with Crippen LogP contribution in [0.4, 0.5) is 0 Å². The molecule has 0 saturated carbocycles. The Morgan fingerprint density at radius 1 is 1.19 bits per heavy atom. The largest absolute Gasteiger partial charge is 0.497 e. The molecule has 1 heterocycles. The highest BCUT2D eigenvalue weighted by Crippen LogP contribution is 2.26. The molecule has 1 aliphatic heterocycles. The minimum atomic E-state index is -3.67. The van der Waals surface area contributed by atoms with Crippen molar-refractivity contribution >= 4 is 15.9 Å². The molecule has 0 bridgehead atoms. The summed E-state index contributed by atoms with van der Waals surface area (Å²) in [5.74, 6) is 0.440. The molecule has 1 atom stereocenters. The van der Waals surface area contributed by atoms with Gasteiger partial charge in [0.2, 0.25) is 15.9 Å². The van der Waals surface area contributed by atoms with Crippen molar-refractivity contribution in [3.63, 3.8) is 0 Å². The van der Waals surface area contributed by atoms with Crippen LogP contribution >= 0.6 is 0 Å². The normalized spacial score (nSPS) is 17.8. The van der Waals surface area contributed by atoms with E-state index < -0.39 is 16.1 Å². The van der Waals surface area contributed by atoms with E-state index in [1.165, 1.54) is 4.31 Å². The van der Waals surface area contributed by atoms with Crippen molar-refractivity contribution in [2.75, 3.05) is 13.7 Å². The zero-order valence-electron chi connectivity index (χ0n) is 14.6. The summed E-state index contributed by atoms with van der Waals surface area (Å²) in [6.07, 6.45) is 1.19. The highest BCUT2D eigenvalue weighted by Gasteiger charge is 2.39. The number of hydrogen-bond acceptors (Lipinski definition) is 4. The SMILES string of the molecule is COc1cccc(CNC(=O)C2CCCN2S(=O)(=O)c2ccccc2)c1. The molecule has 138 valence electrons. The summed E-state index contributed by atoms with van der Waals surface area (Å²) >= 11 is 0. The first kappa shape index (κ1) is 18.4. The first-order valence-corrected chi connectivity index (χ1v) is 9.94. The van der Waals surface area contributed by atoms with E-state index in [1.54, 1.807) is 37.4 Å². The molecule has 0 aliphatic carbocycles. The number of methoxy groups -OCH3 is 1. The second kappa shape index (κ2) is 7.88. The van der Waals surface area contributed by atoms with Gasteiger partial charge in [0.1, 0.15) is 11.8 Å². The van der Waals surface area contributed by atoms with Crippen molar-refractivity contribution in [2.45, 2.75) is 30.3 Å². The van der Waals surface area contributed by atoms with Gasteiger partial charge in [0.15, 0.2) is 0 Å². The summed E-state index contributed by atoms with van der Waals surface area (Å²) in [5, 5.41) is 2.85. The lowest BCUT2D eigenvalue weighted by Crippen LogP contribution is -2.45. The molecule has 3 rings (SSSR count). The van der Waals surface area contributed by atoms with Crippen LogP contribution in [0.3, 0.4) is 0 Å². The molecule has 1 fully saturated rings. The maximum atomic E-state index is 12.8. The molecule has 26 heavy (non-hydrogen) atoms. The first-order chi connectivity index (χ1) is 12.5. The van der Waals surface area contributed by atoms with Crippen LogP contribution in [0.25, 0.3) is 0 Å². The molecule has 1 saturated heterocycles. The van der Waals surface area contributed by atoms with E-state index in [4.69, 9.17) is 4.74 Å². The Bertz CT molecular complexity index is 868. The molecular formula is C19H22N2O4S. The van der Waals surface area contributed by atoms with Gasteiger partial charge in [0, 0.05) is 13.1 Å². The summed E-state index contributed by atoms with van der Waals surface area (Å²) in [6.45, 7) is 0.681. The molecule has 1 N–H and O–H groups in total. The van der Waals surface area contributed by atoms with E-state index in [0.717, 1.165) is 5.56 Å². The lowest BCUT2D eigenvalue weighted by atomic mass is 10.2. The number of hydrogen-bond donors (Lipinski definition) is 1. The number of nitrogens with zero attached hydrogens (tertiary/aromatic N) is 1. The van der Waals surface area contributed by atoms with Crippen LogP contribution in [-0.2, 0) is 21.4 Å². The maximum absolute atomic E-state index is 12.8. The minimum absolute atomic E-state index is 0.215. The third kappa shape index (κ3) is 3.89. The van der Waals surface area contributed by atoms with E-state index in [2.05, 4.69) is 5.32 Å². The second-order valence-electron chi connectivity index (χ2n) is 6.16. The average molecular weight is 374 g/mol. The summed E-state index contributed by atoms with van der Waals surface area (Å²) < 4.78 is 32.2. The van der Waals surface area contributed by atoms with Crippen LogP contribution < -0.4 is 10.1 Å². The van der Waals surface area contributed by atoms with Crippen molar-refractivity contribution in [2.24, 2.45) is 0 Å². The van der Waals surface area contributed by atoms with Crippen LogP contribution in [-0.4, -0.2) is 38.3 Å². The zero-order chi connectivity index (χ0) is 18.6. The standard InChI is InChI=1S/C19H22N2O4S/c1-25-16-8-5-7-15(13-16)14-20-19(22)18-11-6-12-21(18)26(23,24)17-9-3-2-4-10-17/h2-5,7-10,13,18H,6,11-12,14H2,1H3,(H,20,22). The molecule has 7 heteroatoms. The van der Waals surface area contributed by atoms with Gasteiger partial charge in [0.25, 0.3) is 0 Å². The lowest BCUT2D eigenvalue weighted by Gasteiger charge is -2.23. The minimum Gasteiger partial charge on any atom is -0.497 e. The molecule has 2 aromatic rings. The number of carbonyl (C=O) groups is 1. The van der Waals surface area contributed by atoms with Gasteiger partial charge < -0.3 is 10.1 Å². The Hall–Kier alpha value is -2.38. The van der Waals surface area contributed by atoms with E-state index in [0.29, 0.717) is 31.7 Å². The second-order valence-corrected chi connectivity index (χ2v) is 8.05. The fourth-order valence-electron chi connectivity index (χ4n) is 3.11. The van der Waals surface area contributed by atoms with Gasteiger partial charge in [-0.25, -0.2) is 8.42 Å². The van der Waals surface area contributed by atoms with Crippen molar-refractivity contribution in [3.05, 3.63) is 60.2 Å².